The van der Waals surface area contributed by atoms with Crippen LogP contribution in [0.3, 0.4) is 0 Å². The Kier molecular flexibility index (Phi) is 5.20. The summed E-state index contributed by atoms with van der Waals surface area (Å²) in [6, 6.07) is 3.53. The van der Waals surface area contributed by atoms with Crippen molar-refractivity contribution in [3.05, 3.63) is 30.4 Å². The Morgan fingerprint density at radius 2 is 2.17 bits per heavy atom. The molecule has 24 heavy (non-hydrogen) atoms. The van der Waals surface area contributed by atoms with Gasteiger partial charge in [0.25, 0.3) is 0 Å². The van der Waals surface area contributed by atoms with Crippen LogP contribution in [-0.4, -0.2) is 39.3 Å². The Balaban J connectivity index is 1.58. The number of hydrogen-bond donors (Lipinski definition) is 2. The summed E-state index contributed by atoms with van der Waals surface area (Å²) in [4.78, 5) is 21.0. The quantitative estimate of drug-likeness (QED) is 0.877. The van der Waals surface area contributed by atoms with Gasteiger partial charge in [-0.25, -0.2) is 4.98 Å². The molecule has 0 aliphatic heterocycles. The number of carbonyl (C=O) groups is 1. The highest BCUT2D eigenvalue weighted by molar-refractivity contribution is 5.79. The zero-order valence-corrected chi connectivity index (χ0v) is 14.0. The van der Waals surface area contributed by atoms with E-state index in [4.69, 9.17) is 4.74 Å². The number of hydrogen-bond acceptors (Lipinski definition) is 5. The van der Waals surface area contributed by atoms with Crippen LogP contribution in [0.2, 0.25) is 0 Å². The van der Waals surface area contributed by atoms with Gasteiger partial charge in [-0.15, -0.1) is 0 Å². The predicted octanol–water partition coefficient (Wildman–Crippen LogP) is 2.25. The molecule has 3 rings (SSSR count). The van der Waals surface area contributed by atoms with Crippen LogP contribution in [0.15, 0.2) is 24.5 Å². The fourth-order valence-electron chi connectivity index (χ4n) is 3.05. The molecule has 0 saturated heterocycles. The molecule has 0 bridgehead atoms. The van der Waals surface area contributed by atoms with Gasteiger partial charge >= 0.3 is 0 Å². The first kappa shape index (κ1) is 16.6. The van der Waals surface area contributed by atoms with E-state index in [-0.39, 0.29) is 17.9 Å². The van der Waals surface area contributed by atoms with E-state index in [9.17, 15) is 4.79 Å². The number of carbonyl (C=O) groups excluding carboxylic acids is 1. The lowest BCUT2D eigenvalue weighted by Crippen LogP contribution is -2.36. The van der Waals surface area contributed by atoms with Gasteiger partial charge in [-0.05, 0) is 44.7 Å². The molecule has 7 heteroatoms. The van der Waals surface area contributed by atoms with Crippen LogP contribution in [0.4, 0.5) is 0 Å². The zero-order chi connectivity index (χ0) is 16.9. The summed E-state index contributed by atoms with van der Waals surface area (Å²) < 4.78 is 5.35. The van der Waals surface area contributed by atoms with Crippen LogP contribution in [-0.2, 0) is 9.53 Å². The Hall–Kier alpha value is -2.28. The first-order valence-corrected chi connectivity index (χ1v) is 8.33. The van der Waals surface area contributed by atoms with Crippen molar-refractivity contribution in [3.63, 3.8) is 0 Å². The first-order chi connectivity index (χ1) is 11.7. The molecule has 0 spiro atoms. The van der Waals surface area contributed by atoms with Gasteiger partial charge in [-0.3, -0.25) is 14.9 Å². The number of amides is 1. The Bertz CT molecular complexity index is 665. The van der Waals surface area contributed by atoms with Gasteiger partial charge in [0, 0.05) is 31.0 Å². The van der Waals surface area contributed by atoms with Crippen molar-refractivity contribution in [2.24, 2.45) is 5.92 Å². The van der Waals surface area contributed by atoms with Crippen molar-refractivity contribution in [2.45, 2.75) is 44.8 Å². The Morgan fingerprint density at radius 3 is 2.83 bits per heavy atom. The number of rotatable bonds is 5. The molecule has 1 aliphatic rings. The average molecular weight is 329 g/mol. The second-order valence-electron chi connectivity index (χ2n) is 6.23. The van der Waals surface area contributed by atoms with E-state index in [0.717, 1.165) is 31.2 Å². The lowest BCUT2D eigenvalue weighted by molar-refractivity contribution is -0.127. The summed E-state index contributed by atoms with van der Waals surface area (Å²) >= 11 is 0. The monoisotopic (exact) mass is 329 g/mol. The highest BCUT2D eigenvalue weighted by Crippen LogP contribution is 2.26. The first-order valence-electron chi connectivity index (χ1n) is 8.33. The number of methoxy groups -OCH3 is 1. The van der Waals surface area contributed by atoms with Gasteiger partial charge in [-0.2, -0.15) is 5.10 Å². The van der Waals surface area contributed by atoms with Gasteiger partial charge < -0.3 is 10.1 Å². The lowest BCUT2D eigenvalue weighted by Gasteiger charge is -2.27. The van der Waals surface area contributed by atoms with Crippen molar-refractivity contribution < 1.29 is 9.53 Å². The molecule has 1 fully saturated rings. The van der Waals surface area contributed by atoms with Crippen LogP contribution in [0.1, 0.15) is 44.5 Å². The third-order valence-electron chi connectivity index (χ3n) is 4.57. The summed E-state index contributed by atoms with van der Waals surface area (Å²) in [6.07, 6.45) is 7.33. The largest absolute Gasteiger partial charge is 0.381 e. The van der Waals surface area contributed by atoms with Crippen LogP contribution in [0.5, 0.6) is 0 Å². The molecule has 7 nitrogen and oxygen atoms in total. The summed E-state index contributed by atoms with van der Waals surface area (Å²) in [7, 11) is 1.73. The fourth-order valence-corrected chi connectivity index (χ4v) is 3.05. The average Bonchev–Trinajstić information content (AvgIpc) is 3.13. The van der Waals surface area contributed by atoms with Crippen molar-refractivity contribution in [2.75, 3.05) is 7.11 Å². The Morgan fingerprint density at radius 1 is 1.38 bits per heavy atom. The standard InChI is InChI=1S/C17H23N5O2/c1-11(19-17(23)12-5-7-14(24-2)8-6-12)15-20-16(22-21-15)13-4-3-9-18-10-13/h3-4,9-12,14H,5-8H2,1-2H3,(H,19,23)(H,20,21,22)/t11-,12?,14?/m0/s1. The van der Waals surface area contributed by atoms with Gasteiger partial charge in [0.1, 0.15) is 5.82 Å². The third-order valence-corrected chi connectivity index (χ3v) is 4.57. The second-order valence-corrected chi connectivity index (χ2v) is 6.23. The van der Waals surface area contributed by atoms with Gasteiger partial charge in [0.15, 0.2) is 5.82 Å². The number of nitrogens with one attached hydrogen (secondary N) is 2. The molecule has 1 saturated carbocycles. The fraction of sp³-hybridized carbons (Fsp3) is 0.529. The van der Waals surface area contributed by atoms with Gasteiger partial charge in [0.05, 0.1) is 12.1 Å². The van der Waals surface area contributed by atoms with Crippen molar-refractivity contribution in [1.29, 1.82) is 0 Å². The maximum Gasteiger partial charge on any atom is 0.223 e. The molecule has 0 unspecified atom stereocenters. The summed E-state index contributed by atoms with van der Waals surface area (Å²) in [5.74, 6) is 1.36. The van der Waals surface area contributed by atoms with E-state index in [1.54, 1.807) is 19.5 Å². The maximum atomic E-state index is 12.4. The molecule has 2 aromatic heterocycles. The second kappa shape index (κ2) is 7.53. The smallest absolute Gasteiger partial charge is 0.223 e. The summed E-state index contributed by atoms with van der Waals surface area (Å²) in [5, 5.41) is 10.1. The summed E-state index contributed by atoms with van der Waals surface area (Å²) in [6.45, 7) is 1.91. The topological polar surface area (TPSA) is 92.8 Å². The molecule has 2 N–H and O–H groups in total. The number of pyridine rings is 1. The molecular weight excluding hydrogens is 306 g/mol. The van der Waals surface area contributed by atoms with Crippen LogP contribution in [0.25, 0.3) is 11.4 Å². The Labute approximate surface area is 141 Å². The van der Waals surface area contributed by atoms with Crippen LogP contribution in [0, 0.1) is 5.92 Å². The lowest BCUT2D eigenvalue weighted by atomic mass is 9.86. The molecule has 0 aromatic carbocycles. The van der Waals surface area contributed by atoms with E-state index in [1.165, 1.54) is 0 Å². The van der Waals surface area contributed by atoms with E-state index in [2.05, 4.69) is 25.5 Å². The minimum Gasteiger partial charge on any atom is -0.381 e. The van der Waals surface area contributed by atoms with Crippen molar-refractivity contribution in [3.8, 4) is 11.4 Å². The summed E-state index contributed by atoms with van der Waals surface area (Å²) in [5.41, 5.74) is 0.844. The molecule has 2 heterocycles. The minimum absolute atomic E-state index is 0.0552. The molecule has 2 aromatic rings. The normalized spacial score (nSPS) is 22.1. The van der Waals surface area contributed by atoms with E-state index in [0.29, 0.717) is 17.8 Å². The number of nitrogens with zero attached hydrogens (tertiary/aromatic N) is 3. The minimum atomic E-state index is -0.212. The molecule has 1 aliphatic carbocycles. The van der Waals surface area contributed by atoms with Crippen LogP contribution >= 0.6 is 0 Å². The highest BCUT2D eigenvalue weighted by atomic mass is 16.5. The maximum absolute atomic E-state index is 12.4. The SMILES string of the molecule is COC1CCC(C(=O)N[C@@H](C)c2nc(-c3cccnc3)n[nH]2)CC1. The zero-order valence-electron chi connectivity index (χ0n) is 14.0. The number of aromatic nitrogens is 4. The number of H-pyrrole nitrogens is 1. The predicted molar refractivity (Wildman–Crippen MR) is 88.9 cm³/mol. The number of ether oxygens (including phenoxy) is 1. The molecular formula is C17H23N5O2. The molecule has 128 valence electrons. The molecule has 0 radical (unpaired) electrons. The van der Waals surface area contributed by atoms with Crippen molar-refractivity contribution in [1.82, 2.24) is 25.5 Å². The van der Waals surface area contributed by atoms with E-state index in [1.807, 2.05) is 19.1 Å². The number of aromatic amines is 1. The highest BCUT2D eigenvalue weighted by Gasteiger charge is 2.27. The molecule has 1 atom stereocenters. The van der Waals surface area contributed by atoms with Crippen molar-refractivity contribution >= 4 is 5.91 Å². The third kappa shape index (κ3) is 3.79. The van der Waals surface area contributed by atoms with Crippen LogP contribution < -0.4 is 5.32 Å². The van der Waals surface area contributed by atoms with Gasteiger partial charge in [0.2, 0.25) is 5.91 Å². The van der Waals surface area contributed by atoms with Gasteiger partial charge in [-0.1, -0.05) is 0 Å². The van der Waals surface area contributed by atoms with E-state index >= 15 is 0 Å². The molecule has 1 amide bonds. The van der Waals surface area contributed by atoms with E-state index < -0.39 is 0 Å².